The van der Waals surface area contributed by atoms with Crippen molar-refractivity contribution < 1.29 is 18.3 Å². The number of rotatable bonds is 4. The van der Waals surface area contributed by atoms with Gasteiger partial charge < -0.3 is 10.1 Å². The SMILES string of the molecule is CNC[C@@H]1Oc2c(F)cccc2[C@H]1N1C(=O)C(C)(CF)c2ccccc21. The average Bonchev–Trinajstić information content (AvgIpc) is 3.11. The van der Waals surface area contributed by atoms with Crippen LogP contribution in [0.3, 0.4) is 0 Å². The van der Waals surface area contributed by atoms with Gasteiger partial charge in [-0.05, 0) is 31.7 Å². The monoisotopic (exact) mass is 358 g/mol. The van der Waals surface area contributed by atoms with Gasteiger partial charge in [-0.2, -0.15) is 0 Å². The number of anilines is 1. The Balaban J connectivity index is 1.89. The Morgan fingerprint density at radius 3 is 2.73 bits per heavy atom. The summed E-state index contributed by atoms with van der Waals surface area (Å²) < 4.78 is 34.0. The van der Waals surface area contributed by atoms with Gasteiger partial charge >= 0.3 is 0 Å². The lowest BCUT2D eigenvalue weighted by atomic mass is 9.85. The van der Waals surface area contributed by atoms with Gasteiger partial charge in [-0.3, -0.25) is 9.69 Å². The van der Waals surface area contributed by atoms with Gasteiger partial charge in [0.1, 0.15) is 24.2 Å². The number of ether oxygens (including phenoxy) is 1. The minimum absolute atomic E-state index is 0.164. The molecule has 0 saturated carbocycles. The first-order valence-corrected chi connectivity index (χ1v) is 8.61. The van der Waals surface area contributed by atoms with E-state index in [0.717, 1.165) is 0 Å². The Labute approximate surface area is 150 Å². The Morgan fingerprint density at radius 1 is 1.23 bits per heavy atom. The summed E-state index contributed by atoms with van der Waals surface area (Å²) in [5.41, 5.74) is 0.679. The minimum Gasteiger partial charge on any atom is -0.483 e. The van der Waals surface area contributed by atoms with Gasteiger partial charge in [-0.25, -0.2) is 8.78 Å². The fourth-order valence-electron chi connectivity index (χ4n) is 4.00. The molecule has 0 radical (unpaired) electrons. The van der Waals surface area contributed by atoms with Crippen molar-refractivity contribution in [1.82, 2.24) is 5.32 Å². The van der Waals surface area contributed by atoms with Crippen molar-refractivity contribution >= 4 is 11.6 Å². The summed E-state index contributed by atoms with van der Waals surface area (Å²) in [6, 6.07) is 11.4. The molecule has 2 aromatic carbocycles. The molecule has 26 heavy (non-hydrogen) atoms. The van der Waals surface area contributed by atoms with Gasteiger partial charge in [0, 0.05) is 17.8 Å². The number of benzene rings is 2. The highest BCUT2D eigenvalue weighted by Gasteiger charge is 2.53. The number of likely N-dealkylation sites (N-methyl/N-ethyl adjacent to an activating group) is 1. The van der Waals surface area contributed by atoms with Gasteiger partial charge in [-0.1, -0.05) is 30.3 Å². The van der Waals surface area contributed by atoms with Crippen molar-refractivity contribution in [1.29, 1.82) is 0 Å². The Kier molecular flexibility index (Phi) is 3.95. The van der Waals surface area contributed by atoms with Gasteiger partial charge in [0.25, 0.3) is 0 Å². The molecule has 0 bridgehead atoms. The van der Waals surface area contributed by atoms with Crippen molar-refractivity contribution in [2.45, 2.75) is 24.5 Å². The maximum absolute atomic E-state index is 14.3. The minimum atomic E-state index is -1.24. The van der Waals surface area contributed by atoms with Crippen molar-refractivity contribution in [3.8, 4) is 5.75 Å². The van der Waals surface area contributed by atoms with Crippen LogP contribution in [0.25, 0.3) is 0 Å². The standard InChI is InChI=1S/C20H20F2N2O2/c1-20(11-21)13-7-3-4-9-15(13)24(19(20)25)17-12-6-5-8-14(22)18(12)26-16(17)10-23-2/h3-9,16-17,23H,10-11H2,1-2H3/t16-,17+,20?/m0/s1. The number of alkyl halides is 1. The quantitative estimate of drug-likeness (QED) is 0.913. The number of carbonyl (C=O) groups is 1. The number of amides is 1. The Morgan fingerprint density at radius 2 is 2.00 bits per heavy atom. The van der Waals surface area contributed by atoms with E-state index in [4.69, 9.17) is 4.74 Å². The summed E-state index contributed by atoms with van der Waals surface area (Å²) in [6.45, 7) is 1.25. The highest BCUT2D eigenvalue weighted by molar-refractivity contribution is 6.08. The normalized spacial score (nSPS) is 26.6. The van der Waals surface area contributed by atoms with Crippen LogP contribution in [0.15, 0.2) is 42.5 Å². The van der Waals surface area contributed by atoms with E-state index in [1.165, 1.54) is 6.07 Å². The van der Waals surface area contributed by atoms with Gasteiger partial charge in [0.2, 0.25) is 5.91 Å². The predicted octanol–water partition coefficient (Wildman–Crippen LogP) is 3.12. The molecular weight excluding hydrogens is 338 g/mol. The van der Waals surface area contributed by atoms with E-state index in [-0.39, 0.29) is 11.7 Å². The number of hydrogen-bond acceptors (Lipinski definition) is 3. The fourth-order valence-corrected chi connectivity index (χ4v) is 4.00. The third-order valence-corrected chi connectivity index (χ3v) is 5.34. The van der Waals surface area contributed by atoms with Crippen LogP contribution in [-0.2, 0) is 10.2 Å². The zero-order valence-electron chi connectivity index (χ0n) is 14.6. The van der Waals surface area contributed by atoms with Gasteiger partial charge in [-0.15, -0.1) is 0 Å². The average molecular weight is 358 g/mol. The van der Waals surface area contributed by atoms with Crippen LogP contribution in [0.2, 0.25) is 0 Å². The molecule has 0 aromatic heterocycles. The van der Waals surface area contributed by atoms with Crippen molar-refractivity contribution in [2.24, 2.45) is 0 Å². The summed E-state index contributed by atoms with van der Waals surface area (Å²) >= 11 is 0. The number of para-hydroxylation sites is 2. The molecule has 1 N–H and O–H groups in total. The number of fused-ring (bicyclic) bond motifs is 2. The van der Waals surface area contributed by atoms with Gasteiger partial charge in [0.15, 0.2) is 11.6 Å². The van der Waals surface area contributed by atoms with E-state index in [2.05, 4.69) is 5.32 Å². The van der Waals surface area contributed by atoms with Gasteiger partial charge in [0.05, 0.1) is 0 Å². The molecule has 2 aliphatic heterocycles. The van der Waals surface area contributed by atoms with Crippen LogP contribution in [-0.4, -0.2) is 32.3 Å². The first-order chi connectivity index (χ1) is 12.5. The lowest BCUT2D eigenvalue weighted by molar-refractivity contribution is -0.124. The molecule has 3 atom stereocenters. The molecule has 0 aliphatic carbocycles. The van der Waals surface area contributed by atoms with Crippen LogP contribution in [0.5, 0.6) is 5.75 Å². The van der Waals surface area contributed by atoms with Crippen LogP contribution in [0, 0.1) is 5.82 Å². The molecule has 1 amide bonds. The maximum Gasteiger partial charge on any atom is 0.240 e. The maximum atomic E-state index is 14.3. The van der Waals surface area contributed by atoms with Crippen LogP contribution < -0.4 is 15.0 Å². The zero-order chi connectivity index (χ0) is 18.5. The molecule has 1 unspecified atom stereocenters. The number of carbonyl (C=O) groups excluding carboxylic acids is 1. The topological polar surface area (TPSA) is 41.6 Å². The zero-order valence-corrected chi connectivity index (χ0v) is 14.6. The number of nitrogens with one attached hydrogen (secondary N) is 1. The molecule has 0 fully saturated rings. The van der Waals surface area contributed by atoms with E-state index in [1.54, 1.807) is 43.1 Å². The smallest absolute Gasteiger partial charge is 0.240 e. The molecular formula is C20H20F2N2O2. The molecule has 136 valence electrons. The van der Waals surface area contributed by atoms with Crippen LogP contribution in [0.4, 0.5) is 14.5 Å². The second-order valence-corrected chi connectivity index (χ2v) is 6.98. The summed E-state index contributed by atoms with van der Waals surface area (Å²) in [5, 5.41) is 3.03. The van der Waals surface area contributed by atoms with E-state index in [9.17, 15) is 13.6 Å². The third kappa shape index (κ3) is 2.18. The van der Waals surface area contributed by atoms with Crippen molar-refractivity contribution in [3.63, 3.8) is 0 Å². The number of hydrogen-bond donors (Lipinski definition) is 1. The largest absolute Gasteiger partial charge is 0.483 e. The second-order valence-electron chi connectivity index (χ2n) is 6.98. The summed E-state index contributed by atoms with van der Waals surface area (Å²) in [4.78, 5) is 14.8. The predicted molar refractivity (Wildman–Crippen MR) is 94.7 cm³/mol. The molecule has 0 saturated heterocycles. The van der Waals surface area contributed by atoms with E-state index in [1.807, 2.05) is 12.1 Å². The molecule has 2 aliphatic rings. The molecule has 0 spiro atoms. The first kappa shape index (κ1) is 17.0. The lowest BCUT2D eigenvalue weighted by Gasteiger charge is -2.30. The summed E-state index contributed by atoms with van der Waals surface area (Å²) in [6.07, 6.45) is -0.467. The second kappa shape index (κ2) is 6.06. The Hall–Kier alpha value is -2.47. The molecule has 4 rings (SSSR count). The van der Waals surface area contributed by atoms with Crippen LogP contribution >= 0.6 is 0 Å². The molecule has 2 aromatic rings. The number of nitrogens with zero attached hydrogens (tertiary/aromatic N) is 1. The highest BCUT2D eigenvalue weighted by atomic mass is 19.1. The molecule has 2 heterocycles. The fraction of sp³-hybridized carbons (Fsp3) is 0.350. The summed E-state index contributed by atoms with van der Waals surface area (Å²) in [7, 11) is 1.77. The van der Waals surface area contributed by atoms with E-state index in [0.29, 0.717) is 23.4 Å². The number of halogens is 2. The highest BCUT2D eigenvalue weighted by Crippen LogP contribution is 2.50. The Bertz CT molecular complexity index is 873. The van der Waals surface area contributed by atoms with E-state index < -0.39 is 30.1 Å². The third-order valence-electron chi connectivity index (χ3n) is 5.34. The van der Waals surface area contributed by atoms with E-state index >= 15 is 0 Å². The first-order valence-electron chi connectivity index (χ1n) is 8.61. The summed E-state index contributed by atoms with van der Waals surface area (Å²) in [5.74, 6) is -0.621. The molecule has 6 heteroatoms. The van der Waals surface area contributed by atoms with Crippen LogP contribution in [0.1, 0.15) is 24.1 Å². The van der Waals surface area contributed by atoms with Crippen molar-refractivity contribution in [2.75, 3.05) is 25.2 Å². The lowest BCUT2D eigenvalue weighted by Crippen LogP contribution is -2.46. The van der Waals surface area contributed by atoms with Crippen molar-refractivity contribution in [3.05, 3.63) is 59.4 Å². The molecule has 4 nitrogen and oxygen atoms in total.